The minimum absolute atomic E-state index is 0.0728. The first-order valence-corrected chi connectivity index (χ1v) is 7.00. The van der Waals surface area contributed by atoms with E-state index in [2.05, 4.69) is 25.6 Å². The molecule has 110 valence electrons. The average Bonchev–Trinajstić information content (AvgIpc) is 2.44. The lowest BCUT2D eigenvalue weighted by Gasteiger charge is -2.41. The van der Waals surface area contributed by atoms with Crippen LogP contribution in [0.5, 0.6) is 0 Å². The summed E-state index contributed by atoms with van der Waals surface area (Å²) in [6.07, 6.45) is 1.84. The zero-order chi connectivity index (χ0) is 14.6. The van der Waals surface area contributed by atoms with Crippen molar-refractivity contribution in [2.45, 2.75) is 33.2 Å². The molecular formula is C17H24O3. The standard InChI is InChI=1S/C17H24O3/c1-5-14-6-8-15(9-7-14)10-18-11-17(4)12-19-16(2,3)20-13-17/h5-9H,1,10-13H2,2-4H3. The fourth-order valence-corrected chi connectivity index (χ4v) is 2.03. The molecule has 0 atom stereocenters. The Morgan fingerprint density at radius 2 is 1.75 bits per heavy atom. The van der Waals surface area contributed by atoms with Gasteiger partial charge in [-0.15, -0.1) is 0 Å². The van der Waals surface area contributed by atoms with Gasteiger partial charge in [0, 0.05) is 5.41 Å². The molecule has 0 bridgehead atoms. The maximum absolute atomic E-state index is 5.82. The van der Waals surface area contributed by atoms with Crippen molar-refractivity contribution in [1.29, 1.82) is 0 Å². The predicted molar refractivity (Wildman–Crippen MR) is 80.3 cm³/mol. The molecule has 0 unspecified atom stereocenters. The first-order chi connectivity index (χ1) is 9.42. The highest BCUT2D eigenvalue weighted by molar-refractivity contribution is 5.47. The Morgan fingerprint density at radius 3 is 2.30 bits per heavy atom. The molecule has 0 amide bonds. The Balaban J connectivity index is 1.79. The highest BCUT2D eigenvalue weighted by atomic mass is 16.7. The summed E-state index contributed by atoms with van der Waals surface area (Å²) in [7, 11) is 0. The van der Waals surface area contributed by atoms with E-state index in [9.17, 15) is 0 Å². The molecule has 0 aliphatic carbocycles. The van der Waals surface area contributed by atoms with Crippen LogP contribution in [0, 0.1) is 5.41 Å². The summed E-state index contributed by atoms with van der Waals surface area (Å²) in [5.41, 5.74) is 2.21. The Morgan fingerprint density at radius 1 is 1.15 bits per heavy atom. The molecule has 2 rings (SSSR count). The van der Waals surface area contributed by atoms with Gasteiger partial charge in [-0.25, -0.2) is 0 Å². The van der Waals surface area contributed by atoms with Gasteiger partial charge in [0.15, 0.2) is 5.79 Å². The molecule has 1 aromatic carbocycles. The summed E-state index contributed by atoms with van der Waals surface area (Å²) >= 11 is 0. The monoisotopic (exact) mass is 276 g/mol. The normalized spacial score (nSPS) is 20.6. The molecule has 20 heavy (non-hydrogen) atoms. The second-order valence-electron chi connectivity index (χ2n) is 6.23. The molecular weight excluding hydrogens is 252 g/mol. The fraction of sp³-hybridized carbons (Fsp3) is 0.529. The van der Waals surface area contributed by atoms with Gasteiger partial charge in [0.25, 0.3) is 0 Å². The first kappa shape index (κ1) is 15.2. The zero-order valence-corrected chi connectivity index (χ0v) is 12.6. The lowest BCUT2D eigenvalue weighted by atomic mass is 9.93. The Hall–Kier alpha value is -1.16. The van der Waals surface area contributed by atoms with E-state index < -0.39 is 5.79 Å². The third-order valence-electron chi connectivity index (χ3n) is 3.47. The summed E-state index contributed by atoms with van der Waals surface area (Å²) < 4.78 is 17.2. The third-order valence-corrected chi connectivity index (χ3v) is 3.47. The zero-order valence-electron chi connectivity index (χ0n) is 12.6. The van der Waals surface area contributed by atoms with Crippen molar-refractivity contribution in [1.82, 2.24) is 0 Å². The quantitative estimate of drug-likeness (QED) is 0.822. The minimum Gasteiger partial charge on any atom is -0.376 e. The van der Waals surface area contributed by atoms with Gasteiger partial charge in [-0.2, -0.15) is 0 Å². The van der Waals surface area contributed by atoms with Gasteiger partial charge in [-0.1, -0.05) is 43.8 Å². The van der Waals surface area contributed by atoms with Gasteiger partial charge in [0.2, 0.25) is 0 Å². The topological polar surface area (TPSA) is 27.7 Å². The largest absolute Gasteiger partial charge is 0.376 e. The molecule has 0 radical (unpaired) electrons. The molecule has 1 saturated heterocycles. The third kappa shape index (κ3) is 4.17. The van der Waals surface area contributed by atoms with E-state index in [1.807, 2.05) is 32.1 Å². The molecule has 1 fully saturated rings. The van der Waals surface area contributed by atoms with Gasteiger partial charge in [0.05, 0.1) is 26.4 Å². The van der Waals surface area contributed by atoms with Gasteiger partial charge in [0.1, 0.15) is 0 Å². The number of ether oxygens (including phenoxy) is 3. The summed E-state index contributed by atoms with van der Waals surface area (Å²) in [6.45, 7) is 12.3. The van der Waals surface area contributed by atoms with E-state index in [1.54, 1.807) is 0 Å². The van der Waals surface area contributed by atoms with Crippen LogP contribution in [0.1, 0.15) is 31.9 Å². The molecule has 1 aliphatic heterocycles. The minimum atomic E-state index is -0.472. The van der Waals surface area contributed by atoms with Crippen LogP contribution in [0.2, 0.25) is 0 Å². The summed E-state index contributed by atoms with van der Waals surface area (Å²) in [4.78, 5) is 0. The van der Waals surface area contributed by atoms with Gasteiger partial charge in [-0.3, -0.25) is 0 Å². The maximum Gasteiger partial charge on any atom is 0.162 e. The van der Waals surface area contributed by atoms with Crippen LogP contribution in [0.25, 0.3) is 6.08 Å². The lowest BCUT2D eigenvalue weighted by molar-refractivity contribution is -0.288. The molecule has 0 N–H and O–H groups in total. The summed E-state index contributed by atoms with van der Waals surface area (Å²) in [5, 5.41) is 0. The second-order valence-corrected chi connectivity index (χ2v) is 6.23. The maximum atomic E-state index is 5.82. The van der Waals surface area contributed by atoms with E-state index in [0.29, 0.717) is 26.4 Å². The summed E-state index contributed by atoms with van der Waals surface area (Å²) in [6, 6.07) is 8.22. The fourth-order valence-electron chi connectivity index (χ4n) is 2.03. The molecule has 0 aromatic heterocycles. The van der Waals surface area contributed by atoms with Crippen molar-refractivity contribution >= 4 is 6.08 Å². The molecule has 0 spiro atoms. The van der Waals surface area contributed by atoms with E-state index in [1.165, 1.54) is 0 Å². The molecule has 1 heterocycles. The van der Waals surface area contributed by atoms with Crippen LogP contribution in [0.3, 0.4) is 0 Å². The van der Waals surface area contributed by atoms with Crippen LogP contribution in [-0.4, -0.2) is 25.6 Å². The Bertz CT molecular complexity index is 438. The Kier molecular flexibility index (Phi) is 4.63. The molecule has 0 saturated carbocycles. The van der Waals surface area contributed by atoms with E-state index in [4.69, 9.17) is 14.2 Å². The van der Waals surface area contributed by atoms with Crippen LogP contribution >= 0.6 is 0 Å². The number of hydrogen-bond donors (Lipinski definition) is 0. The molecule has 1 aromatic rings. The lowest BCUT2D eigenvalue weighted by Crippen LogP contribution is -2.47. The highest BCUT2D eigenvalue weighted by Gasteiger charge is 2.36. The van der Waals surface area contributed by atoms with Crippen molar-refractivity contribution in [3.8, 4) is 0 Å². The second kappa shape index (κ2) is 6.08. The highest BCUT2D eigenvalue weighted by Crippen LogP contribution is 2.29. The summed E-state index contributed by atoms with van der Waals surface area (Å²) in [5.74, 6) is -0.472. The van der Waals surface area contributed by atoms with Gasteiger partial charge in [-0.05, 0) is 25.0 Å². The van der Waals surface area contributed by atoms with Gasteiger partial charge < -0.3 is 14.2 Å². The van der Waals surface area contributed by atoms with E-state index >= 15 is 0 Å². The first-order valence-electron chi connectivity index (χ1n) is 7.00. The van der Waals surface area contributed by atoms with Gasteiger partial charge >= 0.3 is 0 Å². The molecule has 3 heteroatoms. The van der Waals surface area contributed by atoms with Crippen LogP contribution in [-0.2, 0) is 20.8 Å². The SMILES string of the molecule is C=Cc1ccc(COCC2(C)COC(C)(C)OC2)cc1. The van der Waals surface area contributed by atoms with Crippen molar-refractivity contribution in [2.75, 3.05) is 19.8 Å². The van der Waals surface area contributed by atoms with Crippen LogP contribution < -0.4 is 0 Å². The van der Waals surface area contributed by atoms with Crippen molar-refractivity contribution < 1.29 is 14.2 Å². The number of hydrogen-bond acceptors (Lipinski definition) is 3. The molecule has 3 nitrogen and oxygen atoms in total. The number of benzene rings is 1. The van der Waals surface area contributed by atoms with E-state index in [-0.39, 0.29) is 5.41 Å². The molecule has 1 aliphatic rings. The van der Waals surface area contributed by atoms with E-state index in [0.717, 1.165) is 11.1 Å². The van der Waals surface area contributed by atoms with Crippen molar-refractivity contribution in [3.63, 3.8) is 0 Å². The number of rotatable bonds is 5. The van der Waals surface area contributed by atoms with Crippen molar-refractivity contribution in [3.05, 3.63) is 42.0 Å². The van der Waals surface area contributed by atoms with Crippen LogP contribution in [0.4, 0.5) is 0 Å². The predicted octanol–water partition coefficient (Wildman–Crippen LogP) is 3.64. The average molecular weight is 276 g/mol. The smallest absolute Gasteiger partial charge is 0.162 e. The van der Waals surface area contributed by atoms with Crippen molar-refractivity contribution in [2.24, 2.45) is 5.41 Å². The van der Waals surface area contributed by atoms with Crippen LogP contribution in [0.15, 0.2) is 30.8 Å². The Labute approximate surface area is 121 Å².